The number of methoxy groups -OCH3 is 2. The fourth-order valence-corrected chi connectivity index (χ4v) is 4.21. The number of hydrogen-bond donors (Lipinski definition) is 1. The first-order valence-corrected chi connectivity index (χ1v) is 9.93. The van der Waals surface area contributed by atoms with Gasteiger partial charge in [-0.15, -0.1) is 0 Å². The van der Waals surface area contributed by atoms with E-state index in [9.17, 15) is 14.7 Å². The zero-order valence-electron chi connectivity index (χ0n) is 17.3. The predicted octanol–water partition coefficient (Wildman–Crippen LogP) is 4.27. The Balaban J connectivity index is 1.93. The molecule has 6 heteroatoms. The van der Waals surface area contributed by atoms with E-state index in [0.29, 0.717) is 22.6 Å². The molecule has 3 aromatic carbocycles. The highest BCUT2D eigenvalue weighted by Crippen LogP contribution is 2.46. The number of carbonyl (C=O) groups is 2. The lowest BCUT2D eigenvalue weighted by Crippen LogP contribution is -2.44. The van der Waals surface area contributed by atoms with Crippen molar-refractivity contribution in [1.29, 1.82) is 0 Å². The second kappa shape index (κ2) is 8.52. The van der Waals surface area contributed by atoms with Gasteiger partial charge in [0.25, 0.3) is 5.91 Å². The van der Waals surface area contributed by atoms with Gasteiger partial charge in [-0.3, -0.25) is 9.59 Å². The van der Waals surface area contributed by atoms with Crippen LogP contribution in [0.4, 0.5) is 0 Å². The first-order chi connectivity index (χ1) is 15.0. The molecule has 1 heterocycles. The van der Waals surface area contributed by atoms with Crippen molar-refractivity contribution < 1.29 is 24.2 Å². The van der Waals surface area contributed by atoms with E-state index in [1.165, 1.54) is 14.2 Å². The van der Waals surface area contributed by atoms with Gasteiger partial charge in [-0.1, -0.05) is 60.7 Å². The van der Waals surface area contributed by atoms with Gasteiger partial charge in [-0.25, -0.2) is 0 Å². The molecular formula is C25H23NO5. The van der Waals surface area contributed by atoms with E-state index in [0.717, 1.165) is 11.1 Å². The minimum Gasteiger partial charge on any atom is -0.493 e. The van der Waals surface area contributed by atoms with Crippen LogP contribution in [0.2, 0.25) is 0 Å². The van der Waals surface area contributed by atoms with Crippen LogP contribution < -0.4 is 9.47 Å². The summed E-state index contributed by atoms with van der Waals surface area (Å²) in [6.07, 6.45) is 0. The number of rotatable bonds is 6. The molecule has 6 nitrogen and oxygen atoms in total. The number of carboxylic acid groups (broad SMARTS) is 1. The number of nitrogens with zero attached hydrogens (tertiary/aromatic N) is 1. The summed E-state index contributed by atoms with van der Waals surface area (Å²) < 4.78 is 10.8. The van der Waals surface area contributed by atoms with E-state index in [1.807, 2.05) is 60.7 Å². The number of carbonyl (C=O) groups excluding carboxylic acids is 1. The van der Waals surface area contributed by atoms with Gasteiger partial charge in [-0.05, 0) is 28.8 Å². The minimum absolute atomic E-state index is 0.244. The van der Waals surface area contributed by atoms with Crippen molar-refractivity contribution in [3.8, 4) is 11.5 Å². The SMILES string of the molecule is COc1cc2c(cc1OC)[C@H](C(=O)O)[C@@H](c1ccccc1)N(Cc1ccccc1)C2=O. The van der Waals surface area contributed by atoms with Crippen molar-refractivity contribution in [3.05, 3.63) is 95.1 Å². The highest BCUT2D eigenvalue weighted by molar-refractivity contribution is 6.01. The number of ether oxygens (including phenoxy) is 2. The normalized spacial score (nSPS) is 17.7. The topological polar surface area (TPSA) is 76.1 Å². The molecule has 0 aromatic heterocycles. The molecule has 158 valence electrons. The van der Waals surface area contributed by atoms with Crippen molar-refractivity contribution in [2.24, 2.45) is 0 Å². The monoisotopic (exact) mass is 417 g/mol. The third-order valence-electron chi connectivity index (χ3n) is 5.64. The Morgan fingerprint density at radius 1 is 0.935 bits per heavy atom. The van der Waals surface area contributed by atoms with Crippen molar-refractivity contribution in [3.63, 3.8) is 0 Å². The largest absolute Gasteiger partial charge is 0.493 e. The van der Waals surface area contributed by atoms with Crippen LogP contribution in [0.1, 0.15) is 39.0 Å². The summed E-state index contributed by atoms with van der Waals surface area (Å²) in [7, 11) is 2.97. The highest BCUT2D eigenvalue weighted by Gasteiger charge is 2.45. The van der Waals surface area contributed by atoms with Crippen molar-refractivity contribution in [2.45, 2.75) is 18.5 Å². The Kier molecular flexibility index (Phi) is 5.62. The van der Waals surface area contributed by atoms with Gasteiger partial charge in [0.1, 0.15) is 5.92 Å². The average molecular weight is 417 g/mol. The maximum Gasteiger partial charge on any atom is 0.313 e. The Bertz CT molecular complexity index is 1100. The van der Waals surface area contributed by atoms with Gasteiger partial charge in [0.2, 0.25) is 0 Å². The van der Waals surface area contributed by atoms with Gasteiger partial charge in [-0.2, -0.15) is 0 Å². The Labute approximate surface area is 180 Å². The molecule has 1 N–H and O–H groups in total. The molecule has 0 saturated carbocycles. The number of aliphatic carboxylic acids is 1. The summed E-state index contributed by atoms with van der Waals surface area (Å²) in [5, 5.41) is 10.3. The van der Waals surface area contributed by atoms with E-state index in [-0.39, 0.29) is 12.5 Å². The van der Waals surface area contributed by atoms with Crippen LogP contribution >= 0.6 is 0 Å². The van der Waals surface area contributed by atoms with Crippen LogP contribution in [0.15, 0.2) is 72.8 Å². The standard InChI is InChI=1S/C25H23NO5/c1-30-20-13-18-19(14-21(20)31-2)24(27)26(15-16-9-5-3-6-10-16)23(22(18)25(28)29)17-11-7-4-8-12-17/h3-14,22-23H,15H2,1-2H3,(H,28,29)/t22-,23+/m0/s1. The second-order valence-electron chi connectivity index (χ2n) is 7.38. The van der Waals surface area contributed by atoms with E-state index in [1.54, 1.807) is 17.0 Å². The van der Waals surface area contributed by atoms with Crippen molar-refractivity contribution in [2.75, 3.05) is 14.2 Å². The third-order valence-corrected chi connectivity index (χ3v) is 5.64. The van der Waals surface area contributed by atoms with Crippen molar-refractivity contribution >= 4 is 11.9 Å². The quantitative estimate of drug-likeness (QED) is 0.648. The van der Waals surface area contributed by atoms with Gasteiger partial charge >= 0.3 is 5.97 Å². The molecule has 0 unspecified atom stereocenters. The number of hydrogen-bond acceptors (Lipinski definition) is 4. The fraction of sp³-hybridized carbons (Fsp3) is 0.200. The zero-order valence-corrected chi connectivity index (χ0v) is 17.3. The van der Waals surface area contributed by atoms with Gasteiger partial charge in [0.15, 0.2) is 11.5 Å². The molecule has 0 aliphatic carbocycles. The van der Waals surface area contributed by atoms with Crippen LogP contribution in [-0.2, 0) is 11.3 Å². The van der Waals surface area contributed by atoms with Gasteiger partial charge in [0.05, 0.1) is 20.3 Å². The van der Waals surface area contributed by atoms with E-state index in [2.05, 4.69) is 0 Å². The molecule has 0 fully saturated rings. The molecule has 31 heavy (non-hydrogen) atoms. The fourth-order valence-electron chi connectivity index (χ4n) is 4.21. The van der Waals surface area contributed by atoms with Crippen LogP contribution in [0, 0.1) is 0 Å². The maximum atomic E-state index is 13.7. The Morgan fingerprint density at radius 3 is 2.10 bits per heavy atom. The molecule has 0 bridgehead atoms. The third kappa shape index (κ3) is 3.72. The summed E-state index contributed by atoms with van der Waals surface area (Å²) in [5.74, 6) is -1.43. The number of carboxylic acids is 1. The van der Waals surface area contributed by atoms with Gasteiger partial charge in [0, 0.05) is 12.1 Å². The average Bonchev–Trinajstić information content (AvgIpc) is 2.80. The molecule has 4 rings (SSSR count). The maximum absolute atomic E-state index is 13.7. The summed E-state index contributed by atoms with van der Waals surface area (Å²) in [5.41, 5.74) is 2.42. The lowest BCUT2D eigenvalue weighted by molar-refractivity contribution is -0.140. The number of amides is 1. The Morgan fingerprint density at radius 2 is 1.52 bits per heavy atom. The van der Waals surface area contributed by atoms with E-state index >= 15 is 0 Å². The van der Waals surface area contributed by atoms with Crippen molar-refractivity contribution in [1.82, 2.24) is 4.90 Å². The molecule has 0 radical (unpaired) electrons. The van der Waals surface area contributed by atoms with Crippen LogP contribution in [0.3, 0.4) is 0 Å². The predicted molar refractivity (Wildman–Crippen MR) is 115 cm³/mol. The summed E-state index contributed by atoms with van der Waals surface area (Å²) in [6, 6.07) is 21.4. The molecular weight excluding hydrogens is 394 g/mol. The molecule has 0 saturated heterocycles. The number of benzene rings is 3. The highest BCUT2D eigenvalue weighted by atomic mass is 16.5. The Hall–Kier alpha value is -3.80. The van der Waals surface area contributed by atoms with Gasteiger partial charge < -0.3 is 19.5 Å². The van der Waals surface area contributed by atoms with E-state index in [4.69, 9.17) is 9.47 Å². The second-order valence-corrected chi connectivity index (χ2v) is 7.38. The first kappa shape index (κ1) is 20.5. The lowest BCUT2D eigenvalue weighted by Gasteiger charge is -2.41. The molecule has 1 aliphatic rings. The first-order valence-electron chi connectivity index (χ1n) is 9.93. The molecule has 1 aliphatic heterocycles. The molecule has 1 amide bonds. The lowest BCUT2D eigenvalue weighted by atomic mass is 9.79. The summed E-state index contributed by atoms with van der Waals surface area (Å²) in [4.78, 5) is 27.9. The minimum atomic E-state index is -1.01. The van der Waals surface area contributed by atoms with E-state index < -0.39 is 17.9 Å². The molecule has 3 aromatic rings. The summed E-state index contributed by atoms with van der Waals surface area (Å²) in [6.45, 7) is 0.288. The van der Waals surface area contributed by atoms with Crippen LogP contribution in [-0.4, -0.2) is 36.1 Å². The summed E-state index contributed by atoms with van der Waals surface area (Å²) >= 11 is 0. The molecule has 2 atom stereocenters. The van der Waals surface area contributed by atoms with Crippen LogP contribution in [0.25, 0.3) is 0 Å². The smallest absolute Gasteiger partial charge is 0.313 e. The number of fused-ring (bicyclic) bond motifs is 1. The molecule has 0 spiro atoms. The van der Waals surface area contributed by atoms with Crippen LogP contribution in [0.5, 0.6) is 11.5 Å². The zero-order chi connectivity index (χ0) is 22.0.